The summed E-state index contributed by atoms with van der Waals surface area (Å²) < 4.78 is 2.30. The molecule has 1 aliphatic carbocycles. The Kier molecular flexibility index (Phi) is 5.11. The van der Waals surface area contributed by atoms with Gasteiger partial charge in [0.2, 0.25) is 5.95 Å². The predicted octanol–water partition coefficient (Wildman–Crippen LogP) is 4.47. The number of aryl methyl sites for hydroxylation is 1. The first kappa shape index (κ1) is 15.4. The van der Waals surface area contributed by atoms with Crippen LogP contribution in [0.4, 0.5) is 5.95 Å². The van der Waals surface area contributed by atoms with Crippen LogP contribution < -0.4 is 5.32 Å². The van der Waals surface area contributed by atoms with E-state index in [9.17, 15) is 0 Å². The number of aromatic nitrogens is 2. The molecule has 2 rings (SSSR count). The second-order valence-electron chi connectivity index (χ2n) is 7.20. The van der Waals surface area contributed by atoms with E-state index in [1.165, 1.54) is 25.7 Å². The minimum absolute atomic E-state index is 0.594. The van der Waals surface area contributed by atoms with E-state index in [0.717, 1.165) is 30.0 Å². The number of hydrogen-bond donors (Lipinski definition) is 1. The zero-order chi connectivity index (χ0) is 14.7. The van der Waals surface area contributed by atoms with Gasteiger partial charge in [-0.3, -0.25) is 0 Å². The number of imidazole rings is 1. The lowest BCUT2D eigenvalue weighted by atomic mass is 9.78. The minimum atomic E-state index is 0.594. The van der Waals surface area contributed by atoms with Crippen molar-refractivity contribution in [1.29, 1.82) is 0 Å². The third kappa shape index (κ3) is 3.77. The van der Waals surface area contributed by atoms with Crippen LogP contribution in [0.5, 0.6) is 0 Å². The van der Waals surface area contributed by atoms with E-state index >= 15 is 0 Å². The maximum atomic E-state index is 4.70. The smallest absolute Gasteiger partial charge is 0.203 e. The van der Waals surface area contributed by atoms with Crippen molar-refractivity contribution in [3.8, 4) is 0 Å². The van der Waals surface area contributed by atoms with Crippen molar-refractivity contribution in [2.75, 3.05) is 5.32 Å². The van der Waals surface area contributed by atoms with Gasteiger partial charge in [-0.15, -0.1) is 0 Å². The van der Waals surface area contributed by atoms with E-state index in [1.54, 1.807) is 0 Å². The third-order valence-corrected chi connectivity index (χ3v) is 4.45. The molecular formula is C17H31N3. The number of nitrogens with zero attached hydrogens (tertiary/aromatic N) is 2. The van der Waals surface area contributed by atoms with Crippen LogP contribution in [0, 0.1) is 24.7 Å². The van der Waals surface area contributed by atoms with E-state index in [4.69, 9.17) is 4.98 Å². The first-order valence-corrected chi connectivity index (χ1v) is 8.27. The zero-order valence-corrected chi connectivity index (χ0v) is 13.8. The second-order valence-corrected chi connectivity index (χ2v) is 7.20. The molecule has 0 radical (unpaired) electrons. The van der Waals surface area contributed by atoms with Gasteiger partial charge >= 0.3 is 0 Å². The van der Waals surface area contributed by atoms with Crippen LogP contribution in [0.25, 0.3) is 0 Å². The van der Waals surface area contributed by atoms with Crippen LogP contribution in [0.2, 0.25) is 0 Å². The zero-order valence-electron chi connectivity index (χ0n) is 13.8. The average Bonchev–Trinajstić information content (AvgIpc) is 2.69. The van der Waals surface area contributed by atoms with Gasteiger partial charge in [-0.1, -0.05) is 40.5 Å². The van der Waals surface area contributed by atoms with E-state index in [-0.39, 0.29) is 0 Å². The molecule has 3 heteroatoms. The maximum Gasteiger partial charge on any atom is 0.203 e. The summed E-state index contributed by atoms with van der Waals surface area (Å²) in [5, 5.41) is 3.76. The lowest BCUT2D eigenvalue weighted by Crippen LogP contribution is -2.36. The summed E-state index contributed by atoms with van der Waals surface area (Å²) in [5.41, 5.74) is 1.12. The molecule has 0 spiro atoms. The fraction of sp³-hybridized carbons (Fsp3) is 0.824. The number of nitrogens with one attached hydrogen (secondary N) is 1. The molecule has 1 heterocycles. The third-order valence-electron chi connectivity index (χ3n) is 4.45. The lowest BCUT2D eigenvalue weighted by molar-refractivity contribution is 0.252. The molecule has 2 unspecified atom stereocenters. The fourth-order valence-electron chi connectivity index (χ4n) is 3.50. The van der Waals surface area contributed by atoms with Crippen molar-refractivity contribution in [1.82, 2.24) is 9.55 Å². The number of anilines is 1. The van der Waals surface area contributed by atoms with E-state index in [2.05, 4.69) is 50.7 Å². The highest BCUT2D eigenvalue weighted by Gasteiger charge is 2.28. The van der Waals surface area contributed by atoms with Crippen LogP contribution in [0.1, 0.15) is 59.1 Å². The van der Waals surface area contributed by atoms with Gasteiger partial charge in [0.15, 0.2) is 0 Å². The first-order chi connectivity index (χ1) is 9.47. The molecule has 2 atom stereocenters. The summed E-state index contributed by atoms with van der Waals surface area (Å²) in [4.78, 5) is 4.70. The van der Waals surface area contributed by atoms with E-state index < -0.39 is 0 Å². The Morgan fingerprint density at radius 2 is 1.95 bits per heavy atom. The standard InChI is InChI=1S/C17H31N3/c1-12(2)10-20-11-14(5)18-17(20)19-16-9-7-6-8-15(16)13(3)4/h11-13,15-16H,6-10H2,1-5H3,(H,18,19). The fourth-order valence-corrected chi connectivity index (χ4v) is 3.50. The minimum Gasteiger partial charge on any atom is -0.353 e. The molecule has 3 nitrogen and oxygen atoms in total. The second kappa shape index (κ2) is 6.64. The Bertz CT molecular complexity index is 420. The van der Waals surface area contributed by atoms with Gasteiger partial charge in [-0.05, 0) is 37.5 Å². The van der Waals surface area contributed by atoms with Crippen molar-refractivity contribution >= 4 is 5.95 Å². The van der Waals surface area contributed by atoms with E-state index in [1.807, 2.05) is 0 Å². The topological polar surface area (TPSA) is 29.9 Å². The quantitative estimate of drug-likeness (QED) is 0.860. The Labute approximate surface area is 124 Å². The molecule has 1 fully saturated rings. The van der Waals surface area contributed by atoms with Crippen LogP contribution in [0.15, 0.2) is 6.20 Å². The molecule has 1 saturated carbocycles. The Balaban J connectivity index is 2.11. The van der Waals surface area contributed by atoms with Crippen LogP contribution in [0.3, 0.4) is 0 Å². The highest BCUT2D eigenvalue weighted by molar-refractivity contribution is 5.31. The Morgan fingerprint density at radius 1 is 1.25 bits per heavy atom. The Morgan fingerprint density at radius 3 is 2.60 bits per heavy atom. The normalized spacial score (nSPS) is 23.6. The molecule has 1 aromatic heterocycles. The number of hydrogen-bond acceptors (Lipinski definition) is 2. The molecule has 0 saturated heterocycles. The molecule has 1 N–H and O–H groups in total. The van der Waals surface area contributed by atoms with Gasteiger partial charge in [0, 0.05) is 18.8 Å². The summed E-state index contributed by atoms with van der Waals surface area (Å²) in [5.74, 6) is 3.26. The van der Waals surface area contributed by atoms with Crippen molar-refractivity contribution < 1.29 is 0 Å². The molecule has 0 bridgehead atoms. The summed E-state index contributed by atoms with van der Waals surface area (Å²) >= 11 is 0. The summed E-state index contributed by atoms with van der Waals surface area (Å²) in [7, 11) is 0. The van der Waals surface area contributed by atoms with Crippen molar-refractivity contribution in [2.24, 2.45) is 17.8 Å². The van der Waals surface area contributed by atoms with Crippen LogP contribution in [-0.4, -0.2) is 15.6 Å². The first-order valence-electron chi connectivity index (χ1n) is 8.27. The van der Waals surface area contributed by atoms with Crippen LogP contribution in [-0.2, 0) is 6.54 Å². The van der Waals surface area contributed by atoms with Crippen molar-refractivity contribution in [3.63, 3.8) is 0 Å². The summed E-state index contributed by atoms with van der Waals surface area (Å²) in [6.07, 6.45) is 7.57. The highest BCUT2D eigenvalue weighted by Crippen LogP contribution is 2.32. The highest BCUT2D eigenvalue weighted by atomic mass is 15.2. The molecule has 1 aliphatic rings. The average molecular weight is 277 g/mol. The number of rotatable bonds is 5. The molecule has 0 amide bonds. The Hall–Kier alpha value is -0.990. The van der Waals surface area contributed by atoms with Crippen LogP contribution >= 0.6 is 0 Å². The lowest BCUT2D eigenvalue weighted by Gasteiger charge is -2.35. The molecule has 0 aliphatic heterocycles. The van der Waals surface area contributed by atoms with Gasteiger partial charge in [0.05, 0.1) is 5.69 Å². The molecule has 1 aromatic rings. The molecule has 20 heavy (non-hydrogen) atoms. The van der Waals surface area contributed by atoms with Gasteiger partial charge in [0.25, 0.3) is 0 Å². The largest absolute Gasteiger partial charge is 0.353 e. The summed E-state index contributed by atoms with van der Waals surface area (Å²) in [6.45, 7) is 12.4. The molecular weight excluding hydrogens is 246 g/mol. The maximum absolute atomic E-state index is 4.70. The molecule has 0 aromatic carbocycles. The van der Waals surface area contributed by atoms with Gasteiger partial charge < -0.3 is 9.88 Å². The summed E-state index contributed by atoms with van der Waals surface area (Å²) in [6, 6.07) is 0.594. The van der Waals surface area contributed by atoms with E-state index in [0.29, 0.717) is 12.0 Å². The predicted molar refractivity (Wildman–Crippen MR) is 86.0 cm³/mol. The van der Waals surface area contributed by atoms with Crippen molar-refractivity contribution in [3.05, 3.63) is 11.9 Å². The van der Waals surface area contributed by atoms with Gasteiger partial charge in [0.1, 0.15) is 0 Å². The van der Waals surface area contributed by atoms with Gasteiger partial charge in [-0.25, -0.2) is 4.98 Å². The van der Waals surface area contributed by atoms with Crippen molar-refractivity contribution in [2.45, 2.75) is 72.9 Å². The monoisotopic (exact) mass is 277 g/mol. The SMILES string of the molecule is Cc1cn(CC(C)C)c(NC2CCCCC2C(C)C)n1. The van der Waals surface area contributed by atoms with Gasteiger partial charge in [-0.2, -0.15) is 0 Å². The molecule has 114 valence electrons.